The van der Waals surface area contributed by atoms with E-state index in [1.165, 1.54) is 4.88 Å². The molecule has 0 bridgehead atoms. The van der Waals surface area contributed by atoms with Gasteiger partial charge < -0.3 is 10.0 Å². The summed E-state index contributed by atoms with van der Waals surface area (Å²) in [6, 6.07) is 11.4. The van der Waals surface area contributed by atoms with Gasteiger partial charge in [0, 0.05) is 11.3 Å². The molecule has 0 saturated heterocycles. The third kappa shape index (κ3) is 2.47. The lowest BCUT2D eigenvalue weighted by Crippen LogP contribution is -2.32. The van der Waals surface area contributed by atoms with Crippen molar-refractivity contribution in [3.63, 3.8) is 0 Å². The highest BCUT2D eigenvalue weighted by Gasteiger charge is 2.15. The maximum atomic E-state index is 9.19. The molecule has 2 N–H and O–H groups in total. The number of thiophene rings is 1. The second-order valence-corrected chi connectivity index (χ2v) is 4.36. The van der Waals surface area contributed by atoms with E-state index in [2.05, 4.69) is 0 Å². The van der Waals surface area contributed by atoms with E-state index in [-0.39, 0.29) is 0 Å². The van der Waals surface area contributed by atoms with Gasteiger partial charge in [-0.15, -0.1) is 11.3 Å². The van der Waals surface area contributed by atoms with Gasteiger partial charge in [0.25, 0.3) is 0 Å². The fourth-order valence-corrected chi connectivity index (χ4v) is 2.28. The second-order valence-electron chi connectivity index (χ2n) is 3.33. The van der Waals surface area contributed by atoms with E-state index in [9.17, 15) is 10.0 Å². The summed E-state index contributed by atoms with van der Waals surface area (Å²) in [5.41, 5.74) is 1.56. The third-order valence-corrected chi connectivity index (χ3v) is 3.15. The van der Waals surface area contributed by atoms with Crippen molar-refractivity contribution in [2.24, 2.45) is 0 Å². The van der Waals surface area contributed by atoms with E-state index in [0.717, 1.165) is 12.0 Å². The highest BCUT2D eigenvalue weighted by molar-refractivity contribution is 7.09. The average molecular weight is 218 g/mol. The topological polar surface area (TPSA) is 40.5 Å². The largest absolute Gasteiger partial charge is 0.488 e. The van der Waals surface area contributed by atoms with Crippen molar-refractivity contribution < 1.29 is 10.0 Å². The first-order chi connectivity index (χ1) is 7.27. The molecule has 1 heterocycles. The minimum absolute atomic E-state index is 0.589. The van der Waals surface area contributed by atoms with Crippen molar-refractivity contribution in [2.75, 3.05) is 0 Å². The minimum Gasteiger partial charge on any atom is -0.423 e. The van der Waals surface area contributed by atoms with Crippen LogP contribution in [0.1, 0.15) is 10.4 Å². The van der Waals surface area contributed by atoms with E-state index in [1.807, 2.05) is 35.7 Å². The summed E-state index contributed by atoms with van der Waals surface area (Å²) in [5.74, 6) is 0. The molecule has 15 heavy (non-hydrogen) atoms. The van der Waals surface area contributed by atoms with Gasteiger partial charge in [-0.1, -0.05) is 30.3 Å². The molecule has 0 spiro atoms. The normalized spacial score (nSPS) is 10.3. The van der Waals surface area contributed by atoms with E-state index >= 15 is 0 Å². The summed E-state index contributed by atoms with van der Waals surface area (Å²) in [7, 11) is -1.39. The van der Waals surface area contributed by atoms with Crippen molar-refractivity contribution in [2.45, 2.75) is 6.42 Å². The molecule has 2 aromatic rings. The Morgan fingerprint density at radius 2 is 1.87 bits per heavy atom. The molecular weight excluding hydrogens is 207 g/mol. The number of rotatable bonds is 3. The number of hydrogen-bond donors (Lipinski definition) is 2. The predicted molar refractivity (Wildman–Crippen MR) is 63.4 cm³/mol. The quantitative estimate of drug-likeness (QED) is 0.755. The van der Waals surface area contributed by atoms with Crippen LogP contribution in [0.5, 0.6) is 0 Å². The summed E-state index contributed by atoms with van der Waals surface area (Å²) in [5, 5.41) is 20.4. The Morgan fingerprint density at radius 1 is 1.07 bits per heavy atom. The van der Waals surface area contributed by atoms with Gasteiger partial charge in [0.1, 0.15) is 0 Å². The number of hydrogen-bond acceptors (Lipinski definition) is 3. The van der Waals surface area contributed by atoms with Crippen LogP contribution in [0.3, 0.4) is 0 Å². The molecule has 0 aliphatic rings. The Kier molecular flexibility index (Phi) is 3.21. The van der Waals surface area contributed by atoms with Crippen LogP contribution in [0.4, 0.5) is 0 Å². The molecule has 1 aromatic heterocycles. The van der Waals surface area contributed by atoms with Crippen LogP contribution in [0.25, 0.3) is 0 Å². The van der Waals surface area contributed by atoms with Crippen LogP contribution in [0.2, 0.25) is 0 Å². The lowest BCUT2D eigenvalue weighted by molar-refractivity contribution is 0.425. The lowest BCUT2D eigenvalue weighted by atomic mass is 9.76. The maximum Gasteiger partial charge on any atom is 0.488 e. The predicted octanol–water partition coefficient (Wildman–Crippen LogP) is 1.02. The second kappa shape index (κ2) is 4.62. The van der Waals surface area contributed by atoms with Crippen LogP contribution in [0.15, 0.2) is 41.8 Å². The lowest BCUT2D eigenvalue weighted by Gasteiger charge is -2.06. The van der Waals surface area contributed by atoms with Crippen LogP contribution >= 0.6 is 11.3 Å². The van der Waals surface area contributed by atoms with Gasteiger partial charge in [0.05, 0.1) is 0 Å². The molecule has 1 aromatic carbocycles. The average Bonchev–Trinajstić information content (AvgIpc) is 2.71. The van der Waals surface area contributed by atoms with Crippen LogP contribution < -0.4 is 5.46 Å². The van der Waals surface area contributed by atoms with Gasteiger partial charge in [0.15, 0.2) is 0 Å². The standard InChI is InChI=1S/C11H11BO2S/c13-12(14)11-6-2-1-4-9(11)8-10-5-3-7-15-10/h1-7,13-14H,8H2. The summed E-state index contributed by atoms with van der Waals surface area (Å²) in [4.78, 5) is 1.23. The van der Waals surface area contributed by atoms with Crippen molar-refractivity contribution in [3.8, 4) is 0 Å². The van der Waals surface area contributed by atoms with Crippen LogP contribution in [0, 0.1) is 0 Å². The Hall–Kier alpha value is -1.10. The van der Waals surface area contributed by atoms with E-state index < -0.39 is 7.12 Å². The first kappa shape index (κ1) is 10.4. The molecule has 0 saturated carbocycles. The van der Waals surface area contributed by atoms with Crippen molar-refractivity contribution in [1.82, 2.24) is 0 Å². The summed E-state index contributed by atoms with van der Waals surface area (Å²) in [6.07, 6.45) is 0.755. The van der Waals surface area contributed by atoms with E-state index in [4.69, 9.17) is 0 Å². The molecule has 0 amide bonds. The molecule has 0 atom stereocenters. The van der Waals surface area contributed by atoms with Gasteiger partial charge in [-0.3, -0.25) is 0 Å². The number of benzene rings is 1. The Bertz CT molecular complexity index is 426. The highest BCUT2D eigenvalue weighted by Crippen LogP contribution is 2.13. The summed E-state index contributed by atoms with van der Waals surface area (Å²) in [6.45, 7) is 0. The molecule has 2 nitrogen and oxygen atoms in total. The monoisotopic (exact) mass is 218 g/mol. The summed E-state index contributed by atoms with van der Waals surface area (Å²) < 4.78 is 0. The first-order valence-corrected chi connectivity index (χ1v) is 5.61. The molecule has 76 valence electrons. The van der Waals surface area contributed by atoms with Gasteiger partial charge in [-0.2, -0.15) is 0 Å². The summed E-state index contributed by atoms with van der Waals surface area (Å²) >= 11 is 1.67. The van der Waals surface area contributed by atoms with Crippen molar-refractivity contribution in [1.29, 1.82) is 0 Å². The zero-order chi connectivity index (χ0) is 10.7. The molecule has 0 aliphatic carbocycles. The molecule has 2 rings (SSSR count). The minimum atomic E-state index is -1.39. The molecule has 0 radical (unpaired) electrons. The van der Waals surface area contributed by atoms with Crippen molar-refractivity contribution in [3.05, 3.63) is 52.2 Å². The van der Waals surface area contributed by atoms with Gasteiger partial charge in [-0.05, 0) is 22.5 Å². The van der Waals surface area contributed by atoms with E-state index in [1.54, 1.807) is 17.4 Å². The molecule has 4 heteroatoms. The zero-order valence-corrected chi connectivity index (χ0v) is 8.95. The Labute approximate surface area is 93.0 Å². The van der Waals surface area contributed by atoms with Crippen LogP contribution in [-0.4, -0.2) is 17.2 Å². The zero-order valence-electron chi connectivity index (χ0n) is 8.13. The Morgan fingerprint density at radius 3 is 2.53 bits per heavy atom. The third-order valence-electron chi connectivity index (χ3n) is 2.28. The molecule has 0 aliphatic heterocycles. The fourth-order valence-electron chi connectivity index (χ4n) is 1.55. The van der Waals surface area contributed by atoms with Crippen molar-refractivity contribution >= 4 is 23.9 Å². The maximum absolute atomic E-state index is 9.19. The molecular formula is C11H11BO2S. The molecule has 0 fully saturated rings. The van der Waals surface area contributed by atoms with E-state index in [0.29, 0.717) is 5.46 Å². The Balaban J connectivity index is 2.28. The smallest absolute Gasteiger partial charge is 0.423 e. The van der Waals surface area contributed by atoms with Crippen LogP contribution in [-0.2, 0) is 6.42 Å². The van der Waals surface area contributed by atoms with Gasteiger partial charge in [0.2, 0.25) is 0 Å². The first-order valence-electron chi connectivity index (χ1n) is 4.73. The molecule has 0 unspecified atom stereocenters. The highest BCUT2D eigenvalue weighted by atomic mass is 32.1. The fraction of sp³-hybridized carbons (Fsp3) is 0.0909. The van der Waals surface area contributed by atoms with Gasteiger partial charge >= 0.3 is 7.12 Å². The SMILES string of the molecule is OB(O)c1ccccc1Cc1cccs1. The van der Waals surface area contributed by atoms with Gasteiger partial charge in [-0.25, -0.2) is 0 Å².